The molecule has 1 aromatic rings. The molecule has 2 N–H and O–H groups in total. The van der Waals surface area contributed by atoms with E-state index in [-0.39, 0.29) is 5.91 Å². The van der Waals surface area contributed by atoms with Crippen LogP contribution in [0.4, 0.5) is 5.82 Å². The number of hydrogen-bond acceptors (Lipinski definition) is 5. The van der Waals surface area contributed by atoms with Gasteiger partial charge in [0.2, 0.25) is 5.91 Å². The van der Waals surface area contributed by atoms with Gasteiger partial charge in [-0.05, 0) is 19.9 Å². The fraction of sp³-hybridized carbons (Fsp3) is 0.688. The van der Waals surface area contributed by atoms with E-state index in [0.29, 0.717) is 18.9 Å². The molecule has 0 atom stereocenters. The number of rotatable bonds is 5. The van der Waals surface area contributed by atoms with E-state index in [1.807, 2.05) is 17.9 Å². The Hall–Kier alpha value is -1.69. The third kappa shape index (κ3) is 4.16. The van der Waals surface area contributed by atoms with Crippen molar-refractivity contribution in [2.24, 2.45) is 5.73 Å². The van der Waals surface area contributed by atoms with E-state index in [0.717, 1.165) is 49.9 Å². The summed E-state index contributed by atoms with van der Waals surface area (Å²) in [6.45, 7) is 9.93. The van der Waals surface area contributed by atoms with E-state index < -0.39 is 0 Å². The van der Waals surface area contributed by atoms with Gasteiger partial charge in [-0.15, -0.1) is 0 Å². The largest absolute Gasteiger partial charge is 0.353 e. The molecule has 0 aliphatic carbocycles. The first-order valence-corrected chi connectivity index (χ1v) is 8.09. The summed E-state index contributed by atoms with van der Waals surface area (Å²) in [6.07, 6.45) is 1.32. The molecule has 2 heterocycles. The number of hydrogen-bond donors (Lipinski definition) is 1. The van der Waals surface area contributed by atoms with Crippen molar-refractivity contribution >= 4 is 11.7 Å². The lowest BCUT2D eigenvalue weighted by molar-refractivity contribution is -0.131. The lowest BCUT2D eigenvalue weighted by Gasteiger charge is -2.35. The van der Waals surface area contributed by atoms with Crippen LogP contribution >= 0.6 is 0 Å². The molecule has 122 valence electrons. The molecule has 1 fully saturated rings. The molecule has 0 saturated carbocycles. The van der Waals surface area contributed by atoms with Gasteiger partial charge >= 0.3 is 0 Å². The maximum absolute atomic E-state index is 12.0. The number of aryl methyl sites for hydroxylation is 1. The fourth-order valence-electron chi connectivity index (χ4n) is 2.59. The fourth-order valence-corrected chi connectivity index (χ4v) is 2.59. The molecule has 1 amide bonds. The number of aromatic nitrogens is 2. The first-order chi connectivity index (χ1) is 10.5. The monoisotopic (exact) mass is 305 g/mol. The Kier molecular flexibility index (Phi) is 5.71. The van der Waals surface area contributed by atoms with Crippen molar-refractivity contribution in [3.8, 4) is 0 Å². The average molecular weight is 305 g/mol. The highest BCUT2D eigenvalue weighted by molar-refractivity contribution is 5.76. The van der Waals surface area contributed by atoms with Crippen LogP contribution in [0.15, 0.2) is 6.07 Å². The standard InChI is InChI=1S/C16H27N5O/c1-12(2)16-18-13(3)11-14(19-16)20-7-9-21(10-8-20)15(22)5-4-6-17/h11-12H,4-10,17H2,1-3H3. The molecule has 2 rings (SSSR count). The Balaban J connectivity index is 1.98. The number of nitrogens with zero attached hydrogens (tertiary/aromatic N) is 4. The quantitative estimate of drug-likeness (QED) is 0.887. The molecular formula is C16H27N5O. The molecule has 0 unspecified atom stereocenters. The van der Waals surface area contributed by atoms with Crippen LogP contribution in [0.3, 0.4) is 0 Å². The van der Waals surface area contributed by atoms with Gasteiger partial charge in [0.15, 0.2) is 0 Å². The van der Waals surface area contributed by atoms with Crippen LogP contribution in [0.5, 0.6) is 0 Å². The van der Waals surface area contributed by atoms with Gasteiger partial charge in [-0.1, -0.05) is 13.8 Å². The summed E-state index contributed by atoms with van der Waals surface area (Å²) in [5, 5.41) is 0. The van der Waals surface area contributed by atoms with E-state index in [4.69, 9.17) is 5.73 Å². The van der Waals surface area contributed by atoms with Gasteiger partial charge < -0.3 is 15.5 Å². The van der Waals surface area contributed by atoms with Gasteiger partial charge in [-0.3, -0.25) is 4.79 Å². The second-order valence-electron chi connectivity index (χ2n) is 6.14. The molecule has 1 aromatic heterocycles. The second kappa shape index (κ2) is 7.54. The normalized spacial score (nSPS) is 15.5. The maximum Gasteiger partial charge on any atom is 0.222 e. The molecule has 0 radical (unpaired) electrons. The highest BCUT2D eigenvalue weighted by atomic mass is 16.2. The Bertz CT molecular complexity index is 509. The van der Waals surface area contributed by atoms with Crippen molar-refractivity contribution in [3.63, 3.8) is 0 Å². The molecule has 0 bridgehead atoms. The molecule has 1 saturated heterocycles. The molecule has 0 aromatic carbocycles. The van der Waals surface area contributed by atoms with E-state index in [1.165, 1.54) is 0 Å². The van der Waals surface area contributed by atoms with Crippen LogP contribution in [0.1, 0.15) is 44.1 Å². The molecule has 6 nitrogen and oxygen atoms in total. The smallest absolute Gasteiger partial charge is 0.222 e. The number of carbonyl (C=O) groups is 1. The van der Waals surface area contributed by atoms with Gasteiger partial charge in [0.05, 0.1) is 0 Å². The Morgan fingerprint density at radius 1 is 1.27 bits per heavy atom. The summed E-state index contributed by atoms with van der Waals surface area (Å²) < 4.78 is 0. The van der Waals surface area contributed by atoms with Crippen LogP contribution in [-0.2, 0) is 4.79 Å². The van der Waals surface area contributed by atoms with Crippen molar-refractivity contribution < 1.29 is 4.79 Å². The molecular weight excluding hydrogens is 278 g/mol. The highest BCUT2D eigenvalue weighted by Crippen LogP contribution is 2.18. The number of nitrogens with two attached hydrogens (primary N) is 1. The summed E-state index contributed by atoms with van der Waals surface area (Å²) in [4.78, 5) is 25.4. The summed E-state index contributed by atoms with van der Waals surface area (Å²) >= 11 is 0. The zero-order valence-corrected chi connectivity index (χ0v) is 13.9. The molecule has 0 spiro atoms. The van der Waals surface area contributed by atoms with Crippen LogP contribution in [0, 0.1) is 6.92 Å². The first kappa shape index (κ1) is 16.7. The molecule has 1 aliphatic rings. The van der Waals surface area contributed by atoms with Crippen LogP contribution in [-0.4, -0.2) is 53.5 Å². The topological polar surface area (TPSA) is 75.3 Å². The van der Waals surface area contributed by atoms with Gasteiger partial charge in [0.25, 0.3) is 0 Å². The number of piperazine rings is 1. The Morgan fingerprint density at radius 3 is 2.55 bits per heavy atom. The lowest BCUT2D eigenvalue weighted by Crippen LogP contribution is -2.49. The summed E-state index contributed by atoms with van der Waals surface area (Å²) in [5.74, 6) is 2.39. The van der Waals surface area contributed by atoms with Crippen molar-refractivity contribution in [1.82, 2.24) is 14.9 Å². The van der Waals surface area contributed by atoms with Crippen LogP contribution in [0.25, 0.3) is 0 Å². The predicted octanol–water partition coefficient (Wildman–Crippen LogP) is 1.30. The summed E-state index contributed by atoms with van der Waals surface area (Å²) in [6, 6.07) is 2.03. The highest BCUT2D eigenvalue weighted by Gasteiger charge is 2.22. The summed E-state index contributed by atoms with van der Waals surface area (Å²) in [7, 11) is 0. The molecule has 22 heavy (non-hydrogen) atoms. The Morgan fingerprint density at radius 2 is 1.95 bits per heavy atom. The van der Waals surface area contributed by atoms with Crippen molar-refractivity contribution in [2.45, 2.75) is 39.5 Å². The molecule has 1 aliphatic heterocycles. The van der Waals surface area contributed by atoms with Crippen molar-refractivity contribution in [3.05, 3.63) is 17.6 Å². The van der Waals surface area contributed by atoms with Crippen LogP contribution < -0.4 is 10.6 Å². The van der Waals surface area contributed by atoms with Gasteiger partial charge in [0, 0.05) is 50.3 Å². The van der Waals surface area contributed by atoms with Crippen LogP contribution in [0.2, 0.25) is 0 Å². The Labute approximate surface area is 132 Å². The van der Waals surface area contributed by atoms with Gasteiger partial charge in [-0.2, -0.15) is 0 Å². The maximum atomic E-state index is 12.0. The van der Waals surface area contributed by atoms with Crippen molar-refractivity contribution in [2.75, 3.05) is 37.6 Å². The SMILES string of the molecule is Cc1cc(N2CCN(C(=O)CCCN)CC2)nc(C(C)C)n1. The third-order valence-corrected chi connectivity index (χ3v) is 3.93. The second-order valence-corrected chi connectivity index (χ2v) is 6.14. The van der Waals surface area contributed by atoms with E-state index in [1.54, 1.807) is 0 Å². The van der Waals surface area contributed by atoms with E-state index in [9.17, 15) is 4.79 Å². The lowest BCUT2D eigenvalue weighted by atomic mass is 10.2. The summed E-state index contributed by atoms with van der Waals surface area (Å²) in [5.41, 5.74) is 6.46. The number of carbonyl (C=O) groups excluding carboxylic acids is 1. The minimum absolute atomic E-state index is 0.215. The average Bonchev–Trinajstić information content (AvgIpc) is 2.52. The third-order valence-electron chi connectivity index (χ3n) is 3.93. The zero-order valence-electron chi connectivity index (χ0n) is 13.9. The first-order valence-electron chi connectivity index (χ1n) is 8.09. The zero-order chi connectivity index (χ0) is 16.1. The van der Waals surface area contributed by atoms with Gasteiger partial charge in [-0.25, -0.2) is 9.97 Å². The number of amides is 1. The molecule has 6 heteroatoms. The predicted molar refractivity (Wildman–Crippen MR) is 87.9 cm³/mol. The van der Waals surface area contributed by atoms with Gasteiger partial charge in [0.1, 0.15) is 11.6 Å². The minimum Gasteiger partial charge on any atom is -0.353 e. The number of anilines is 1. The van der Waals surface area contributed by atoms with E-state index in [2.05, 4.69) is 28.7 Å². The van der Waals surface area contributed by atoms with E-state index >= 15 is 0 Å². The minimum atomic E-state index is 0.215. The van der Waals surface area contributed by atoms with Crippen molar-refractivity contribution in [1.29, 1.82) is 0 Å².